The summed E-state index contributed by atoms with van der Waals surface area (Å²) < 4.78 is 0. The molecule has 1 aromatic heterocycles. The number of aromatic nitrogens is 1. The van der Waals surface area contributed by atoms with E-state index < -0.39 is 0 Å². The molecule has 0 aliphatic carbocycles. The van der Waals surface area contributed by atoms with Gasteiger partial charge in [0.15, 0.2) is 0 Å². The van der Waals surface area contributed by atoms with Gasteiger partial charge < -0.3 is 15.1 Å². The highest BCUT2D eigenvalue weighted by molar-refractivity contribution is 7.98. The highest BCUT2D eigenvalue weighted by Gasteiger charge is 2.24. The smallest absolute Gasteiger partial charge is 0.275 e. The van der Waals surface area contributed by atoms with E-state index in [0.29, 0.717) is 11.6 Å². The first-order valence-corrected chi connectivity index (χ1v) is 13.8. The standard InChI is InChI=1S/C24H34N4OS2/c1-30-17-7-12-27-15-10-19(11-16-27)24-26-21(18-31-24)23(29)25-20-8-3-4-9-22(20)28-13-5-2-6-14-28/h3-4,8-9,18-19H,2,5-7,10-17H2,1H3,(H,25,29). The second-order valence-corrected chi connectivity index (χ2v) is 10.4. The number of hydrogen-bond acceptors (Lipinski definition) is 6. The van der Waals surface area contributed by atoms with Crippen molar-refractivity contribution in [1.29, 1.82) is 0 Å². The summed E-state index contributed by atoms with van der Waals surface area (Å²) in [6, 6.07) is 8.15. The van der Waals surface area contributed by atoms with Gasteiger partial charge in [0.2, 0.25) is 0 Å². The normalized spacial score (nSPS) is 18.3. The number of piperidine rings is 2. The molecule has 0 radical (unpaired) electrons. The SMILES string of the molecule is CSCCCN1CCC(c2nc(C(=O)Nc3ccccc3N3CCCCC3)cs2)CC1. The molecule has 1 amide bonds. The summed E-state index contributed by atoms with van der Waals surface area (Å²) in [6.45, 7) is 5.61. The fourth-order valence-electron chi connectivity index (χ4n) is 4.59. The van der Waals surface area contributed by atoms with Crippen molar-refractivity contribution in [2.45, 2.75) is 44.4 Å². The molecule has 0 saturated carbocycles. The zero-order valence-electron chi connectivity index (χ0n) is 18.5. The Morgan fingerprint density at radius 3 is 2.71 bits per heavy atom. The predicted molar refractivity (Wildman–Crippen MR) is 134 cm³/mol. The van der Waals surface area contributed by atoms with Crippen molar-refractivity contribution in [3.05, 3.63) is 40.3 Å². The molecule has 2 aliphatic heterocycles. The van der Waals surface area contributed by atoms with Crippen molar-refractivity contribution in [2.24, 2.45) is 0 Å². The Morgan fingerprint density at radius 1 is 1.16 bits per heavy atom. The number of likely N-dealkylation sites (tertiary alicyclic amines) is 1. The lowest BCUT2D eigenvalue weighted by Crippen LogP contribution is -2.33. The molecule has 7 heteroatoms. The molecule has 1 N–H and O–H groups in total. The van der Waals surface area contributed by atoms with E-state index >= 15 is 0 Å². The largest absolute Gasteiger partial charge is 0.370 e. The summed E-state index contributed by atoms with van der Waals surface area (Å²) in [7, 11) is 0. The van der Waals surface area contributed by atoms with Crippen LogP contribution in [0.25, 0.3) is 0 Å². The van der Waals surface area contributed by atoms with Crippen LogP contribution in [-0.2, 0) is 0 Å². The fraction of sp³-hybridized carbons (Fsp3) is 0.583. The zero-order chi connectivity index (χ0) is 21.5. The highest BCUT2D eigenvalue weighted by Crippen LogP contribution is 2.32. The summed E-state index contributed by atoms with van der Waals surface area (Å²) in [5, 5.41) is 6.18. The van der Waals surface area contributed by atoms with E-state index in [9.17, 15) is 4.79 Å². The van der Waals surface area contributed by atoms with Gasteiger partial charge in [0.05, 0.1) is 16.4 Å². The number of thiazole rings is 1. The number of anilines is 2. The van der Waals surface area contributed by atoms with E-state index in [1.807, 2.05) is 35.3 Å². The van der Waals surface area contributed by atoms with Crippen LogP contribution in [0.15, 0.2) is 29.6 Å². The Labute approximate surface area is 194 Å². The summed E-state index contributed by atoms with van der Waals surface area (Å²) in [6.07, 6.45) is 9.46. The lowest BCUT2D eigenvalue weighted by Gasteiger charge is -2.31. The minimum Gasteiger partial charge on any atom is -0.370 e. The topological polar surface area (TPSA) is 48.5 Å². The van der Waals surface area contributed by atoms with Crippen LogP contribution in [0.5, 0.6) is 0 Å². The summed E-state index contributed by atoms with van der Waals surface area (Å²) in [5.41, 5.74) is 2.57. The number of carbonyl (C=O) groups excluding carboxylic acids is 1. The van der Waals surface area contributed by atoms with E-state index in [0.717, 1.165) is 55.4 Å². The van der Waals surface area contributed by atoms with Gasteiger partial charge in [-0.05, 0) is 82.3 Å². The van der Waals surface area contributed by atoms with Crippen molar-refractivity contribution in [3.8, 4) is 0 Å². The van der Waals surface area contributed by atoms with Gasteiger partial charge in [-0.15, -0.1) is 11.3 Å². The molecule has 168 valence electrons. The molecule has 2 fully saturated rings. The molecule has 0 spiro atoms. The Hall–Kier alpha value is -1.57. The first kappa shape index (κ1) is 22.6. The van der Waals surface area contributed by atoms with Gasteiger partial charge in [0.1, 0.15) is 5.69 Å². The number of para-hydroxylation sites is 2. The van der Waals surface area contributed by atoms with Crippen molar-refractivity contribution in [1.82, 2.24) is 9.88 Å². The quantitative estimate of drug-likeness (QED) is 0.543. The first-order valence-electron chi connectivity index (χ1n) is 11.6. The molecule has 1 aromatic carbocycles. The first-order chi connectivity index (χ1) is 15.2. The number of nitrogens with one attached hydrogen (secondary N) is 1. The monoisotopic (exact) mass is 458 g/mol. The van der Waals surface area contributed by atoms with Crippen molar-refractivity contribution in [2.75, 3.05) is 54.9 Å². The van der Waals surface area contributed by atoms with E-state index in [1.165, 1.54) is 38.0 Å². The van der Waals surface area contributed by atoms with Gasteiger partial charge in [0.25, 0.3) is 5.91 Å². The number of amides is 1. The van der Waals surface area contributed by atoms with E-state index in [4.69, 9.17) is 4.98 Å². The average Bonchev–Trinajstić information content (AvgIpc) is 3.31. The summed E-state index contributed by atoms with van der Waals surface area (Å²) >= 11 is 3.57. The Kier molecular flexibility index (Phi) is 8.27. The third-order valence-electron chi connectivity index (χ3n) is 6.36. The third kappa shape index (κ3) is 6.02. The van der Waals surface area contributed by atoms with E-state index in [2.05, 4.69) is 27.4 Å². The van der Waals surface area contributed by atoms with Crippen molar-refractivity contribution < 1.29 is 4.79 Å². The maximum atomic E-state index is 12.9. The van der Waals surface area contributed by atoms with Crippen LogP contribution in [-0.4, -0.2) is 60.5 Å². The Morgan fingerprint density at radius 2 is 1.94 bits per heavy atom. The third-order valence-corrected chi connectivity index (χ3v) is 8.07. The predicted octanol–water partition coefficient (Wildman–Crippen LogP) is 5.32. The Balaban J connectivity index is 1.34. The number of nitrogens with zero attached hydrogens (tertiary/aromatic N) is 3. The van der Waals surface area contributed by atoms with E-state index in [1.54, 1.807) is 11.3 Å². The van der Waals surface area contributed by atoms with Crippen LogP contribution >= 0.6 is 23.1 Å². The van der Waals surface area contributed by atoms with Crippen LogP contribution in [0.1, 0.15) is 59.9 Å². The molecule has 2 saturated heterocycles. The second kappa shape index (κ2) is 11.3. The van der Waals surface area contributed by atoms with Crippen molar-refractivity contribution >= 4 is 40.4 Å². The van der Waals surface area contributed by atoms with Gasteiger partial charge in [0, 0.05) is 24.4 Å². The minimum absolute atomic E-state index is 0.0959. The fourth-order valence-corrected chi connectivity index (χ4v) is 5.98. The molecule has 2 aliphatic rings. The molecule has 0 atom stereocenters. The summed E-state index contributed by atoms with van der Waals surface area (Å²) in [4.78, 5) is 22.7. The number of thioether (sulfide) groups is 1. The number of carbonyl (C=O) groups is 1. The molecular formula is C24H34N4OS2. The maximum Gasteiger partial charge on any atom is 0.275 e. The lowest BCUT2D eigenvalue weighted by molar-refractivity contribution is 0.102. The average molecular weight is 459 g/mol. The van der Waals surface area contributed by atoms with Gasteiger partial charge in [-0.25, -0.2) is 4.98 Å². The Bertz CT molecular complexity index is 842. The van der Waals surface area contributed by atoms with Gasteiger partial charge >= 0.3 is 0 Å². The van der Waals surface area contributed by atoms with Crippen LogP contribution in [0.3, 0.4) is 0 Å². The minimum atomic E-state index is -0.0959. The highest BCUT2D eigenvalue weighted by atomic mass is 32.2. The van der Waals surface area contributed by atoms with E-state index in [-0.39, 0.29) is 5.91 Å². The lowest BCUT2D eigenvalue weighted by atomic mass is 9.97. The number of benzene rings is 1. The van der Waals surface area contributed by atoms with Gasteiger partial charge in [-0.3, -0.25) is 4.79 Å². The van der Waals surface area contributed by atoms with Crippen molar-refractivity contribution in [3.63, 3.8) is 0 Å². The molecule has 31 heavy (non-hydrogen) atoms. The molecule has 5 nitrogen and oxygen atoms in total. The van der Waals surface area contributed by atoms with Crippen LogP contribution in [0, 0.1) is 0 Å². The molecular weight excluding hydrogens is 424 g/mol. The second-order valence-electron chi connectivity index (χ2n) is 8.55. The molecule has 4 rings (SSSR count). The molecule has 0 unspecified atom stereocenters. The number of rotatable bonds is 8. The van der Waals surface area contributed by atoms with Gasteiger partial charge in [-0.2, -0.15) is 11.8 Å². The molecule has 0 bridgehead atoms. The molecule has 3 heterocycles. The number of hydrogen-bond donors (Lipinski definition) is 1. The van der Waals surface area contributed by atoms with Crippen LogP contribution in [0.2, 0.25) is 0 Å². The molecule has 2 aromatic rings. The van der Waals surface area contributed by atoms with Gasteiger partial charge in [-0.1, -0.05) is 12.1 Å². The maximum absolute atomic E-state index is 12.9. The van der Waals surface area contributed by atoms with Crippen LogP contribution < -0.4 is 10.2 Å². The van der Waals surface area contributed by atoms with Crippen LogP contribution in [0.4, 0.5) is 11.4 Å². The zero-order valence-corrected chi connectivity index (χ0v) is 20.1. The summed E-state index contributed by atoms with van der Waals surface area (Å²) in [5.74, 6) is 1.64.